The number of benzene rings is 1. The molecule has 1 fully saturated rings. The highest BCUT2D eigenvalue weighted by molar-refractivity contribution is 7.89. The van der Waals surface area contributed by atoms with Crippen molar-refractivity contribution in [3.8, 4) is 0 Å². The van der Waals surface area contributed by atoms with Gasteiger partial charge in [0.25, 0.3) is 5.91 Å². The fourth-order valence-corrected chi connectivity index (χ4v) is 5.24. The molecule has 9 heteroatoms. The third-order valence-electron chi connectivity index (χ3n) is 5.32. The molecular formula is C19H24N4O4S. The fraction of sp³-hybridized carbons (Fsp3) is 0.474. The average Bonchev–Trinajstić information content (AvgIpc) is 2.90. The van der Waals surface area contributed by atoms with Gasteiger partial charge in [0.1, 0.15) is 11.5 Å². The first-order valence-electron chi connectivity index (χ1n) is 9.46. The van der Waals surface area contributed by atoms with E-state index in [1.54, 1.807) is 35.2 Å². The Balaban J connectivity index is 1.59. The van der Waals surface area contributed by atoms with E-state index in [0.29, 0.717) is 62.9 Å². The maximum atomic E-state index is 13.0. The molecule has 1 aromatic carbocycles. The fourth-order valence-electron chi connectivity index (χ4n) is 3.78. The van der Waals surface area contributed by atoms with Gasteiger partial charge in [-0.15, -0.1) is 0 Å². The summed E-state index contributed by atoms with van der Waals surface area (Å²) < 4.78 is 34.8. The van der Waals surface area contributed by atoms with E-state index in [1.807, 2.05) is 11.5 Å². The first-order chi connectivity index (χ1) is 13.5. The summed E-state index contributed by atoms with van der Waals surface area (Å²) in [5, 5.41) is 0. The van der Waals surface area contributed by atoms with Crippen LogP contribution in [-0.2, 0) is 27.7 Å². The molecule has 3 heterocycles. The highest BCUT2D eigenvalue weighted by atomic mass is 32.2. The zero-order valence-corrected chi connectivity index (χ0v) is 16.7. The standard InChI is InChI=1S/C19H24N4O4S/c1-15-20-18(19(24)21-11-13-27-14-12-21)17-7-8-22(9-10-23(15)17)28(25,26)16-5-3-2-4-6-16/h2-6H,7-14H2,1H3. The summed E-state index contributed by atoms with van der Waals surface area (Å²) in [5.74, 6) is 0.644. The lowest BCUT2D eigenvalue weighted by Crippen LogP contribution is -2.41. The van der Waals surface area contributed by atoms with Crippen molar-refractivity contribution in [2.75, 3.05) is 39.4 Å². The summed E-state index contributed by atoms with van der Waals surface area (Å²) in [6, 6.07) is 8.47. The Kier molecular flexibility index (Phi) is 5.22. The Morgan fingerprint density at radius 3 is 2.46 bits per heavy atom. The Morgan fingerprint density at radius 1 is 1.04 bits per heavy atom. The zero-order valence-electron chi connectivity index (χ0n) is 15.9. The minimum atomic E-state index is -3.56. The maximum absolute atomic E-state index is 13.0. The molecule has 1 saturated heterocycles. The lowest BCUT2D eigenvalue weighted by molar-refractivity contribution is 0.0298. The van der Waals surface area contributed by atoms with E-state index in [9.17, 15) is 13.2 Å². The average molecular weight is 404 g/mol. The zero-order chi connectivity index (χ0) is 19.7. The highest BCUT2D eigenvalue weighted by Crippen LogP contribution is 2.22. The molecule has 2 aliphatic rings. The molecule has 1 aromatic heterocycles. The summed E-state index contributed by atoms with van der Waals surface area (Å²) in [6.45, 7) is 5.20. The molecule has 4 rings (SSSR count). The number of amides is 1. The van der Waals surface area contributed by atoms with Crippen molar-refractivity contribution in [3.05, 3.63) is 47.5 Å². The van der Waals surface area contributed by atoms with Crippen LogP contribution in [0.1, 0.15) is 22.0 Å². The van der Waals surface area contributed by atoms with Crippen molar-refractivity contribution in [3.63, 3.8) is 0 Å². The summed E-state index contributed by atoms with van der Waals surface area (Å²) in [7, 11) is -3.56. The summed E-state index contributed by atoms with van der Waals surface area (Å²) >= 11 is 0. The number of fused-ring (bicyclic) bond motifs is 1. The number of imidazole rings is 1. The van der Waals surface area contributed by atoms with E-state index in [2.05, 4.69) is 4.98 Å². The van der Waals surface area contributed by atoms with Crippen LogP contribution in [0, 0.1) is 6.92 Å². The largest absolute Gasteiger partial charge is 0.378 e. The Morgan fingerprint density at radius 2 is 1.75 bits per heavy atom. The molecule has 1 amide bonds. The normalized spacial score (nSPS) is 18.5. The van der Waals surface area contributed by atoms with Crippen LogP contribution < -0.4 is 0 Å². The van der Waals surface area contributed by atoms with E-state index >= 15 is 0 Å². The minimum Gasteiger partial charge on any atom is -0.378 e. The highest BCUT2D eigenvalue weighted by Gasteiger charge is 2.31. The third-order valence-corrected chi connectivity index (χ3v) is 7.23. The quantitative estimate of drug-likeness (QED) is 0.759. The number of hydrogen-bond donors (Lipinski definition) is 0. The van der Waals surface area contributed by atoms with Crippen molar-refractivity contribution < 1.29 is 17.9 Å². The first-order valence-corrected chi connectivity index (χ1v) is 10.9. The van der Waals surface area contributed by atoms with E-state index in [1.165, 1.54) is 4.31 Å². The van der Waals surface area contributed by atoms with E-state index in [4.69, 9.17) is 4.74 Å². The van der Waals surface area contributed by atoms with Gasteiger partial charge in [-0.25, -0.2) is 13.4 Å². The van der Waals surface area contributed by atoms with Crippen LogP contribution >= 0.6 is 0 Å². The van der Waals surface area contributed by atoms with Crippen LogP contribution in [0.2, 0.25) is 0 Å². The van der Waals surface area contributed by atoms with Gasteiger partial charge in [-0.05, 0) is 19.1 Å². The summed E-state index contributed by atoms with van der Waals surface area (Å²) in [6.07, 6.45) is 0.457. The molecule has 0 atom stereocenters. The number of aromatic nitrogens is 2. The number of sulfonamides is 1. The molecule has 0 bridgehead atoms. The Bertz CT molecular complexity index is 965. The van der Waals surface area contributed by atoms with E-state index < -0.39 is 10.0 Å². The number of nitrogens with zero attached hydrogens (tertiary/aromatic N) is 4. The molecule has 0 unspecified atom stereocenters. The second-order valence-corrected chi connectivity index (χ2v) is 8.92. The number of carbonyl (C=O) groups is 1. The van der Waals surface area contributed by atoms with Gasteiger partial charge in [-0.3, -0.25) is 4.79 Å². The predicted octanol–water partition coefficient (Wildman–Crippen LogP) is 0.911. The molecule has 28 heavy (non-hydrogen) atoms. The van der Waals surface area contributed by atoms with Gasteiger partial charge < -0.3 is 14.2 Å². The molecular weight excluding hydrogens is 380 g/mol. The first kappa shape index (κ1) is 19.1. The minimum absolute atomic E-state index is 0.0977. The number of carbonyl (C=O) groups excluding carboxylic acids is 1. The molecule has 0 spiro atoms. The molecule has 0 radical (unpaired) electrons. The molecule has 8 nitrogen and oxygen atoms in total. The smallest absolute Gasteiger partial charge is 0.274 e. The van der Waals surface area contributed by atoms with Crippen molar-refractivity contribution >= 4 is 15.9 Å². The maximum Gasteiger partial charge on any atom is 0.274 e. The van der Waals surface area contributed by atoms with Gasteiger partial charge in [-0.2, -0.15) is 4.31 Å². The lowest BCUT2D eigenvalue weighted by Gasteiger charge is -2.26. The van der Waals surface area contributed by atoms with Gasteiger partial charge in [0.05, 0.1) is 23.8 Å². The van der Waals surface area contributed by atoms with Crippen molar-refractivity contribution in [2.45, 2.75) is 24.8 Å². The van der Waals surface area contributed by atoms with Gasteiger partial charge in [0, 0.05) is 39.1 Å². The SMILES string of the molecule is Cc1nc(C(=O)N2CCOCC2)c2n1CCN(S(=O)(=O)c1ccccc1)CC2. The molecule has 2 aromatic rings. The topological polar surface area (TPSA) is 84.7 Å². The van der Waals surface area contributed by atoms with Gasteiger partial charge in [0.2, 0.25) is 10.0 Å². The Hall–Kier alpha value is -2.23. The van der Waals surface area contributed by atoms with Crippen LogP contribution in [0.4, 0.5) is 0 Å². The second kappa shape index (κ2) is 7.65. The molecule has 150 valence electrons. The van der Waals surface area contributed by atoms with Gasteiger partial charge >= 0.3 is 0 Å². The number of morpholine rings is 1. The van der Waals surface area contributed by atoms with Gasteiger partial charge in [0.15, 0.2) is 0 Å². The molecule has 0 saturated carbocycles. The summed E-state index contributed by atoms with van der Waals surface area (Å²) in [4.78, 5) is 19.5. The second-order valence-electron chi connectivity index (χ2n) is 6.98. The Labute approximate surface area is 164 Å². The monoisotopic (exact) mass is 404 g/mol. The lowest BCUT2D eigenvalue weighted by atomic mass is 10.2. The van der Waals surface area contributed by atoms with Gasteiger partial charge in [-0.1, -0.05) is 18.2 Å². The number of hydrogen-bond acceptors (Lipinski definition) is 5. The number of rotatable bonds is 3. The third kappa shape index (κ3) is 3.45. The van der Waals surface area contributed by atoms with Crippen LogP contribution in [0.25, 0.3) is 0 Å². The number of aryl methyl sites for hydroxylation is 1. The van der Waals surface area contributed by atoms with Crippen LogP contribution in [0.15, 0.2) is 35.2 Å². The predicted molar refractivity (Wildman–Crippen MR) is 103 cm³/mol. The van der Waals surface area contributed by atoms with E-state index in [0.717, 1.165) is 11.5 Å². The van der Waals surface area contributed by atoms with Crippen LogP contribution in [-0.4, -0.2) is 72.5 Å². The number of ether oxygens (including phenoxy) is 1. The van der Waals surface area contributed by atoms with E-state index in [-0.39, 0.29) is 5.91 Å². The van der Waals surface area contributed by atoms with Crippen LogP contribution in [0.5, 0.6) is 0 Å². The van der Waals surface area contributed by atoms with Crippen molar-refractivity contribution in [1.29, 1.82) is 0 Å². The van der Waals surface area contributed by atoms with Crippen molar-refractivity contribution in [2.24, 2.45) is 0 Å². The van der Waals surface area contributed by atoms with Crippen LogP contribution in [0.3, 0.4) is 0 Å². The van der Waals surface area contributed by atoms with Crippen molar-refractivity contribution in [1.82, 2.24) is 18.8 Å². The molecule has 0 aliphatic carbocycles. The molecule has 2 aliphatic heterocycles. The summed E-state index contributed by atoms with van der Waals surface area (Å²) in [5.41, 5.74) is 1.26. The molecule has 0 N–H and O–H groups in total.